The van der Waals surface area contributed by atoms with Crippen molar-refractivity contribution in [3.05, 3.63) is 16.0 Å². The van der Waals surface area contributed by atoms with E-state index in [0.717, 1.165) is 11.3 Å². The van der Waals surface area contributed by atoms with Crippen molar-refractivity contribution in [2.45, 2.75) is 33.2 Å². The lowest BCUT2D eigenvalue weighted by Crippen LogP contribution is -2.45. The topological polar surface area (TPSA) is 108 Å². The molecular weight excluding hydrogens is 306 g/mol. The molecule has 2 amide bonds. The van der Waals surface area contributed by atoms with Crippen LogP contribution in [0.4, 0.5) is 5.00 Å². The average molecular weight is 327 g/mol. The maximum absolute atomic E-state index is 12.2. The Hall–Kier alpha value is -2.09. The number of amides is 2. The Morgan fingerprint density at radius 1 is 1.23 bits per heavy atom. The van der Waals surface area contributed by atoms with E-state index < -0.39 is 11.9 Å². The first-order chi connectivity index (χ1) is 10.1. The van der Waals surface area contributed by atoms with Crippen LogP contribution in [0.3, 0.4) is 0 Å². The van der Waals surface area contributed by atoms with Crippen LogP contribution in [0.1, 0.15) is 46.4 Å². The molecule has 1 heterocycles. The fourth-order valence-electron chi connectivity index (χ4n) is 1.88. The molecule has 122 valence electrons. The number of rotatable bonds is 5. The summed E-state index contributed by atoms with van der Waals surface area (Å²) in [4.78, 5) is 35.2. The second-order valence-electron chi connectivity index (χ2n) is 5.80. The van der Waals surface area contributed by atoms with Crippen LogP contribution in [-0.4, -0.2) is 42.0 Å². The quantitative estimate of drug-likeness (QED) is 0.654. The standard InChI is InChI=1S/C14H21N3O4S/c1-7-9(12(15-5)22-10(7)13(20)21)11(19)16-6-8(18)17-14(2,3)4/h15H,6H2,1-5H3,(H,16,19)(H,17,18)(H,20,21). The predicted molar refractivity (Wildman–Crippen MR) is 85.8 cm³/mol. The minimum atomic E-state index is -1.08. The maximum Gasteiger partial charge on any atom is 0.346 e. The molecule has 0 atom stereocenters. The summed E-state index contributed by atoms with van der Waals surface area (Å²) in [7, 11) is 1.61. The molecule has 1 aromatic rings. The van der Waals surface area contributed by atoms with Gasteiger partial charge in [-0.25, -0.2) is 4.79 Å². The van der Waals surface area contributed by atoms with Gasteiger partial charge in [0.25, 0.3) is 5.91 Å². The minimum absolute atomic E-state index is 0.105. The molecule has 22 heavy (non-hydrogen) atoms. The number of carboxylic acid groups (broad SMARTS) is 1. The van der Waals surface area contributed by atoms with E-state index in [1.807, 2.05) is 20.8 Å². The monoisotopic (exact) mass is 327 g/mol. The Balaban J connectivity index is 2.86. The van der Waals surface area contributed by atoms with Crippen LogP contribution in [0, 0.1) is 6.92 Å². The summed E-state index contributed by atoms with van der Waals surface area (Å²) in [6, 6.07) is 0. The highest BCUT2D eigenvalue weighted by molar-refractivity contribution is 7.18. The highest BCUT2D eigenvalue weighted by Gasteiger charge is 2.24. The summed E-state index contributed by atoms with van der Waals surface area (Å²) >= 11 is 0.995. The van der Waals surface area contributed by atoms with E-state index >= 15 is 0 Å². The highest BCUT2D eigenvalue weighted by Crippen LogP contribution is 2.32. The second-order valence-corrected chi connectivity index (χ2v) is 6.82. The number of hydrogen-bond acceptors (Lipinski definition) is 5. The Morgan fingerprint density at radius 2 is 1.82 bits per heavy atom. The fraction of sp³-hybridized carbons (Fsp3) is 0.500. The molecule has 0 saturated heterocycles. The zero-order valence-corrected chi connectivity index (χ0v) is 14.1. The van der Waals surface area contributed by atoms with Gasteiger partial charge in [0, 0.05) is 12.6 Å². The number of anilines is 1. The normalized spacial score (nSPS) is 11.0. The molecule has 1 rings (SSSR count). The highest BCUT2D eigenvalue weighted by atomic mass is 32.1. The number of hydrogen-bond donors (Lipinski definition) is 4. The van der Waals surface area contributed by atoms with Gasteiger partial charge in [-0.1, -0.05) is 0 Å². The summed E-state index contributed by atoms with van der Waals surface area (Å²) in [6.45, 7) is 6.93. The molecule has 0 aliphatic carbocycles. The average Bonchev–Trinajstić information content (AvgIpc) is 2.71. The van der Waals surface area contributed by atoms with Crippen molar-refractivity contribution in [3.8, 4) is 0 Å². The van der Waals surface area contributed by atoms with Gasteiger partial charge in [0.15, 0.2) is 0 Å². The van der Waals surface area contributed by atoms with Crippen LogP contribution in [0.5, 0.6) is 0 Å². The van der Waals surface area contributed by atoms with Gasteiger partial charge in [-0.15, -0.1) is 11.3 Å². The van der Waals surface area contributed by atoms with E-state index in [4.69, 9.17) is 5.11 Å². The smallest absolute Gasteiger partial charge is 0.346 e. The molecule has 0 saturated carbocycles. The summed E-state index contributed by atoms with van der Waals surface area (Å²) in [5.41, 5.74) is 0.260. The minimum Gasteiger partial charge on any atom is -0.477 e. The summed E-state index contributed by atoms with van der Waals surface area (Å²) in [5, 5.41) is 17.6. The van der Waals surface area contributed by atoms with Crippen LogP contribution in [-0.2, 0) is 4.79 Å². The molecule has 1 aromatic heterocycles. The maximum atomic E-state index is 12.2. The number of carbonyl (C=O) groups excluding carboxylic acids is 2. The van der Waals surface area contributed by atoms with Gasteiger partial charge in [0.2, 0.25) is 5.91 Å². The fourth-order valence-corrected chi connectivity index (χ4v) is 2.87. The van der Waals surface area contributed by atoms with Crippen molar-refractivity contribution in [1.29, 1.82) is 0 Å². The molecule has 8 heteroatoms. The van der Waals surface area contributed by atoms with Gasteiger partial charge >= 0.3 is 5.97 Å². The molecule has 4 N–H and O–H groups in total. The van der Waals surface area contributed by atoms with E-state index in [-0.39, 0.29) is 28.4 Å². The van der Waals surface area contributed by atoms with Crippen molar-refractivity contribution in [3.63, 3.8) is 0 Å². The van der Waals surface area contributed by atoms with Crippen LogP contribution < -0.4 is 16.0 Å². The number of aromatic carboxylic acids is 1. The zero-order valence-electron chi connectivity index (χ0n) is 13.3. The lowest BCUT2D eigenvalue weighted by Gasteiger charge is -2.20. The van der Waals surface area contributed by atoms with Gasteiger partial charge in [-0.05, 0) is 33.3 Å². The zero-order chi connectivity index (χ0) is 17.1. The summed E-state index contributed by atoms with van der Waals surface area (Å²) < 4.78 is 0. The van der Waals surface area contributed by atoms with Gasteiger partial charge < -0.3 is 21.1 Å². The lowest BCUT2D eigenvalue weighted by molar-refractivity contribution is -0.121. The van der Waals surface area contributed by atoms with Crippen molar-refractivity contribution in [1.82, 2.24) is 10.6 Å². The molecule has 0 aliphatic rings. The summed E-state index contributed by atoms with van der Waals surface area (Å²) in [6.07, 6.45) is 0. The van der Waals surface area contributed by atoms with Crippen LogP contribution >= 0.6 is 11.3 Å². The molecular formula is C14H21N3O4S. The Morgan fingerprint density at radius 3 is 2.27 bits per heavy atom. The van der Waals surface area contributed by atoms with Gasteiger partial charge in [0.1, 0.15) is 9.88 Å². The van der Waals surface area contributed by atoms with Gasteiger partial charge in [-0.3, -0.25) is 9.59 Å². The lowest BCUT2D eigenvalue weighted by atomic mass is 10.1. The van der Waals surface area contributed by atoms with Crippen LogP contribution in [0.2, 0.25) is 0 Å². The molecule has 0 fully saturated rings. The third-order valence-corrected chi connectivity index (χ3v) is 4.02. The Bertz CT molecular complexity index is 602. The van der Waals surface area contributed by atoms with Crippen molar-refractivity contribution in [2.24, 2.45) is 0 Å². The SMILES string of the molecule is CNc1sc(C(=O)O)c(C)c1C(=O)NCC(=O)NC(C)(C)C. The molecule has 0 spiro atoms. The summed E-state index contributed by atoms with van der Waals surface area (Å²) in [5.74, 6) is -1.86. The first-order valence-electron chi connectivity index (χ1n) is 6.70. The first-order valence-corrected chi connectivity index (χ1v) is 7.52. The largest absolute Gasteiger partial charge is 0.477 e. The van der Waals surface area contributed by atoms with Crippen molar-refractivity contribution < 1.29 is 19.5 Å². The van der Waals surface area contributed by atoms with E-state index in [9.17, 15) is 14.4 Å². The Kier molecular flexibility index (Phi) is 5.54. The number of carbonyl (C=O) groups is 3. The number of nitrogens with one attached hydrogen (secondary N) is 3. The third-order valence-electron chi connectivity index (χ3n) is 2.72. The molecule has 0 unspecified atom stereocenters. The van der Waals surface area contributed by atoms with E-state index in [2.05, 4.69) is 16.0 Å². The molecule has 0 radical (unpaired) electrons. The van der Waals surface area contributed by atoms with Crippen molar-refractivity contribution >= 4 is 34.1 Å². The van der Waals surface area contributed by atoms with E-state index in [1.54, 1.807) is 14.0 Å². The van der Waals surface area contributed by atoms with Crippen LogP contribution in [0.15, 0.2) is 0 Å². The second kappa shape index (κ2) is 6.78. The molecule has 0 aromatic carbocycles. The van der Waals surface area contributed by atoms with Crippen LogP contribution in [0.25, 0.3) is 0 Å². The Labute approximate surface area is 133 Å². The van der Waals surface area contributed by atoms with E-state index in [1.165, 1.54) is 0 Å². The molecule has 7 nitrogen and oxygen atoms in total. The van der Waals surface area contributed by atoms with Gasteiger partial charge in [-0.2, -0.15) is 0 Å². The van der Waals surface area contributed by atoms with Gasteiger partial charge in [0.05, 0.1) is 12.1 Å². The van der Waals surface area contributed by atoms with E-state index in [0.29, 0.717) is 10.6 Å². The predicted octanol–water partition coefficient (Wildman–Crippen LogP) is 1.44. The third kappa shape index (κ3) is 4.45. The first kappa shape index (κ1) is 18.0. The molecule has 0 aliphatic heterocycles. The molecule has 0 bridgehead atoms. The number of thiophene rings is 1. The van der Waals surface area contributed by atoms with Crippen molar-refractivity contribution in [2.75, 3.05) is 18.9 Å². The number of carboxylic acids is 1.